The number of nitrogens with one attached hydrogen (secondary N) is 2. The van der Waals surface area contributed by atoms with E-state index in [9.17, 15) is 8.42 Å². The number of hydrogen-bond acceptors (Lipinski definition) is 5. The molecular formula is C17H27N3O3S. The lowest BCUT2D eigenvalue weighted by Gasteiger charge is -2.28. The Morgan fingerprint density at radius 3 is 2.46 bits per heavy atom. The van der Waals surface area contributed by atoms with Crippen molar-refractivity contribution in [3.63, 3.8) is 0 Å². The van der Waals surface area contributed by atoms with Crippen LogP contribution in [0.4, 0.5) is 5.82 Å². The second kappa shape index (κ2) is 5.97. The Morgan fingerprint density at radius 1 is 1.25 bits per heavy atom. The molecule has 1 aromatic rings. The second-order valence-corrected chi connectivity index (χ2v) is 9.81. The molecule has 24 heavy (non-hydrogen) atoms. The van der Waals surface area contributed by atoms with Crippen LogP contribution in [0.3, 0.4) is 0 Å². The van der Waals surface area contributed by atoms with E-state index < -0.39 is 10.0 Å². The standard InChI is InChI=1S/C17H27N3O3S/c1-16(2)9-14(17(3,4)23-16)20-15-8-7-13(11-18-15)24(21,22)19-10-12-5-6-12/h7-8,11-12,14,19H,5-6,9-10H2,1-4H3,(H,18,20). The number of anilines is 1. The Bertz CT molecular complexity index is 694. The van der Waals surface area contributed by atoms with E-state index in [2.05, 4.69) is 42.7 Å². The van der Waals surface area contributed by atoms with Crippen molar-refractivity contribution >= 4 is 15.8 Å². The fraction of sp³-hybridized carbons (Fsp3) is 0.706. The molecule has 1 saturated carbocycles. The molecule has 1 atom stereocenters. The monoisotopic (exact) mass is 353 g/mol. The molecule has 134 valence electrons. The number of ether oxygens (including phenoxy) is 1. The van der Waals surface area contributed by atoms with Crippen LogP contribution in [0.2, 0.25) is 0 Å². The van der Waals surface area contributed by atoms with Crippen molar-refractivity contribution < 1.29 is 13.2 Å². The van der Waals surface area contributed by atoms with Crippen LogP contribution in [0.1, 0.15) is 47.0 Å². The van der Waals surface area contributed by atoms with Gasteiger partial charge in [0, 0.05) is 12.7 Å². The van der Waals surface area contributed by atoms with Crippen molar-refractivity contribution in [1.29, 1.82) is 0 Å². The minimum Gasteiger partial charge on any atom is -0.367 e. The predicted octanol–water partition coefficient (Wildman–Crippen LogP) is 2.53. The number of pyridine rings is 1. The largest absolute Gasteiger partial charge is 0.367 e. The zero-order chi connectivity index (χ0) is 17.6. The maximum absolute atomic E-state index is 12.2. The third kappa shape index (κ3) is 4.07. The molecule has 0 bridgehead atoms. The van der Waals surface area contributed by atoms with Crippen molar-refractivity contribution in [2.24, 2.45) is 5.92 Å². The quantitative estimate of drug-likeness (QED) is 0.821. The van der Waals surface area contributed by atoms with Gasteiger partial charge in [-0.3, -0.25) is 0 Å². The number of hydrogen-bond donors (Lipinski definition) is 2. The Labute approximate surface area is 144 Å². The molecule has 1 aromatic heterocycles. The first-order chi connectivity index (χ1) is 11.1. The Morgan fingerprint density at radius 2 is 1.96 bits per heavy atom. The van der Waals surface area contributed by atoms with E-state index in [1.165, 1.54) is 6.20 Å². The minimum absolute atomic E-state index is 0.121. The van der Waals surface area contributed by atoms with Gasteiger partial charge in [0.05, 0.1) is 17.2 Å². The lowest BCUT2D eigenvalue weighted by Crippen LogP contribution is -2.38. The molecule has 0 amide bonds. The Hall–Kier alpha value is -1.18. The van der Waals surface area contributed by atoms with E-state index in [0.717, 1.165) is 19.3 Å². The summed E-state index contributed by atoms with van der Waals surface area (Å²) in [7, 11) is -3.47. The first-order valence-corrected chi connectivity index (χ1v) is 9.98. The molecule has 1 aliphatic heterocycles. The van der Waals surface area contributed by atoms with E-state index >= 15 is 0 Å². The summed E-state index contributed by atoms with van der Waals surface area (Å²) in [6, 6.07) is 3.43. The van der Waals surface area contributed by atoms with Crippen molar-refractivity contribution in [2.45, 2.75) is 69.1 Å². The van der Waals surface area contributed by atoms with Crippen LogP contribution in [-0.4, -0.2) is 37.2 Å². The molecule has 2 aliphatic rings. The molecular weight excluding hydrogens is 326 g/mol. The maximum atomic E-state index is 12.2. The molecule has 0 aromatic carbocycles. The van der Waals surface area contributed by atoms with Crippen LogP contribution in [0.25, 0.3) is 0 Å². The van der Waals surface area contributed by atoms with E-state index in [0.29, 0.717) is 18.3 Å². The van der Waals surface area contributed by atoms with Crippen LogP contribution in [0, 0.1) is 5.92 Å². The third-order valence-electron chi connectivity index (χ3n) is 4.70. The van der Waals surface area contributed by atoms with Gasteiger partial charge in [0.15, 0.2) is 0 Å². The van der Waals surface area contributed by atoms with E-state index in [1.807, 2.05) is 0 Å². The predicted molar refractivity (Wildman–Crippen MR) is 93.4 cm³/mol. The van der Waals surface area contributed by atoms with E-state index in [1.54, 1.807) is 12.1 Å². The third-order valence-corrected chi connectivity index (χ3v) is 6.11. The topological polar surface area (TPSA) is 80.3 Å². The summed E-state index contributed by atoms with van der Waals surface area (Å²) in [6.07, 6.45) is 4.49. The average molecular weight is 353 g/mol. The summed E-state index contributed by atoms with van der Waals surface area (Å²) in [5.74, 6) is 1.16. The first-order valence-electron chi connectivity index (χ1n) is 8.50. The van der Waals surface area contributed by atoms with Gasteiger partial charge in [-0.25, -0.2) is 18.1 Å². The van der Waals surface area contributed by atoms with Crippen LogP contribution in [0.5, 0.6) is 0 Å². The van der Waals surface area contributed by atoms with Crippen molar-refractivity contribution in [3.8, 4) is 0 Å². The highest BCUT2D eigenvalue weighted by Gasteiger charge is 2.45. The molecule has 6 nitrogen and oxygen atoms in total. The second-order valence-electron chi connectivity index (χ2n) is 8.04. The molecule has 2 N–H and O–H groups in total. The van der Waals surface area contributed by atoms with Gasteiger partial charge in [-0.15, -0.1) is 0 Å². The maximum Gasteiger partial charge on any atom is 0.242 e. The summed E-state index contributed by atoms with van der Waals surface area (Å²) in [6.45, 7) is 8.78. The van der Waals surface area contributed by atoms with Crippen molar-refractivity contribution in [3.05, 3.63) is 18.3 Å². The molecule has 1 unspecified atom stereocenters. The summed E-state index contributed by atoms with van der Waals surface area (Å²) in [5.41, 5.74) is -0.487. The van der Waals surface area contributed by atoms with E-state index in [4.69, 9.17) is 4.74 Å². The zero-order valence-electron chi connectivity index (χ0n) is 14.8. The highest BCUT2D eigenvalue weighted by Crippen LogP contribution is 2.38. The molecule has 0 radical (unpaired) electrons. The van der Waals surface area contributed by atoms with E-state index in [-0.39, 0.29) is 22.1 Å². The number of aromatic nitrogens is 1. The van der Waals surface area contributed by atoms with Gasteiger partial charge in [0.2, 0.25) is 10.0 Å². The highest BCUT2D eigenvalue weighted by molar-refractivity contribution is 7.89. The van der Waals surface area contributed by atoms with Gasteiger partial charge >= 0.3 is 0 Å². The van der Waals surface area contributed by atoms with Crippen molar-refractivity contribution in [2.75, 3.05) is 11.9 Å². The van der Waals surface area contributed by atoms with Gasteiger partial charge in [0.25, 0.3) is 0 Å². The Kier molecular flexibility index (Phi) is 4.38. The summed E-state index contributed by atoms with van der Waals surface area (Å²) in [4.78, 5) is 4.48. The van der Waals surface area contributed by atoms with Gasteiger partial charge in [0.1, 0.15) is 10.7 Å². The van der Waals surface area contributed by atoms with Crippen molar-refractivity contribution in [1.82, 2.24) is 9.71 Å². The highest BCUT2D eigenvalue weighted by atomic mass is 32.2. The number of sulfonamides is 1. The van der Waals surface area contributed by atoms with Crippen LogP contribution >= 0.6 is 0 Å². The molecule has 2 heterocycles. The molecule has 0 spiro atoms. The summed E-state index contributed by atoms with van der Waals surface area (Å²) >= 11 is 0. The van der Waals surface area contributed by atoms with Gasteiger partial charge in [-0.05, 0) is 65.0 Å². The molecule has 7 heteroatoms. The first kappa shape index (κ1) is 17.6. The smallest absolute Gasteiger partial charge is 0.242 e. The minimum atomic E-state index is -3.47. The number of nitrogens with zero attached hydrogens (tertiary/aromatic N) is 1. The summed E-state index contributed by atoms with van der Waals surface area (Å²) in [5, 5.41) is 3.37. The van der Waals surface area contributed by atoms with Gasteiger partial charge in [-0.2, -0.15) is 0 Å². The fourth-order valence-electron chi connectivity index (χ4n) is 3.22. The number of rotatable bonds is 6. The van der Waals surface area contributed by atoms with Gasteiger partial charge in [-0.1, -0.05) is 0 Å². The molecule has 1 aliphatic carbocycles. The molecule has 3 rings (SSSR count). The van der Waals surface area contributed by atoms with Gasteiger partial charge < -0.3 is 10.1 Å². The molecule has 1 saturated heterocycles. The van der Waals surface area contributed by atoms with Crippen LogP contribution < -0.4 is 10.0 Å². The lowest BCUT2D eigenvalue weighted by atomic mass is 9.94. The van der Waals surface area contributed by atoms with Crippen LogP contribution in [-0.2, 0) is 14.8 Å². The zero-order valence-corrected chi connectivity index (χ0v) is 15.6. The lowest BCUT2D eigenvalue weighted by molar-refractivity contribution is -0.0662. The fourth-order valence-corrected chi connectivity index (χ4v) is 4.28. The SMILES string of the molecule is CC1(C)CC(Nc2ccc(S(=O)(=O)NCC3CC3)cn2)C(C)(C)O1. The summed E-state index contributed by atoms with van der Waals surface area (Å²) < 4.78 is 33.1. The Balaban J connectivity index is 1.66. The normalized spacial score (nSPS) is 25.6. The van der Waals surface area contributed by atoms with Crippen LogP contribution in [0.15, 0.2) is 23.2 Å². The average Bonchev–Trinajstić information content (AvgIpc) is 3.24. The molecule has 2 fully saturated rings.